The van der Waals surface area contributed by atoms with E-state index in [1.807, 2.05) is 45.0 Å². The van der Waals surface area contributed by atoms with Gasteiger partial charge in [0.25, 0.3) is 0 Å². The maximum Gasteiger partial charge on any atom is 0.410 e. The summed E-state index contributed by atoms with van der Waals surface area (Å²) in [5, 5.41) is 0.670. The Balaban J connectivity index is 2.01. The average Bonchev–Trinajstić information content (AvgIpc) is 2.59. The van der Waals surface area contributed by atoms with Gasteiger partial charge in [0.05, 0.1) is 25.9 Å². The standard InChI is InChI=1S/C19H28BrNO4/c1-18(2,3)25-17(22)21-10-6-9-19(13-20,14-21)24-12-15-7-5-8-16(11-15)23-4/h5,7-8,11H,6,9-10,12-14H2,1-4H3. The van der Waals surface area contributed by atoms with Crippen LogP contribution in [0.15, 0.2) is 24.3 Å². The number of alkyl halides is 1. The Labute approximate surface area is 158 Å². The van der Waals surface area contributed by atoms with E-state index >= 15 is 0 Å². The summed E-state index contributed by atoms with van der Waals surface area (Å²) < 4.78 is 17.0. The van der Waals surface area contributed by atoms with Crippen LogP contribution in [0.5, 0.6) is 5.75 Å². The number of methoxy groups -OCH3 is 1. The lowest BCUT2D eigenvalue weighted by Gasteiger charge is -2.42. The zero-order valence-electron chi connectivity index (χ0n) is 15.5. The van der Waals surface area contributed by atoms with Gasteiger partial charge in [0.15, 0.2) is 0 Å². The van der Waals surface area contributed by atoms with E-state index in [2.05, 4.69) is 15.9 Å². The second kappa shape index (κ2) is 8.41. The fourth-order valence-corrected chi connectivity index (χ4v) is 3.46. The summed E-state index contributed by atoms with van der Waals surface area (Å²) in [7, 11) is 1.65. The molecule has 0 spiro atoms. The Morgan fingerprint density at radius 3 is 2.76 bits per heavy atom. The highest BCUT2D eigenvalue weighted by atomic mass is 79.9. The first-order chi connectivity index (χ1) is 11.8. The van der Waals surface area contributed by atoms with E-state index < -0.39 is 11.2 Å². The Hall–Kier alpha value is -1.27. The number of hydrogen-bond donors (Lipinski definition) is 0. The van der Waals surface area contributed by atoms with E-state index in [4.69, 9.17) is 14.2 Å². The van der Waals surface area contributed by atoms with Gasteiger partial charge < -0.3 is 19.1 Å². The number of benzene rings is 1. The lowest BCUT2D eigenvalue weighted by molar-refractivity contribution is -0.0840. The molecule has 1 atom stereocenters. The number of likely N-dealkylation sites (tertiary alicyclic amines) is 1. The number of halogens is 1. The summed E-state index contributed by atoms with van der Waals surface area (Å²) >= 11 is 3.58. The van der Waals surface area contributed by atoms with Crippen molar-refractivity contribution >= 4 is 22.0 Å². The molecule has 1 amide bonds. The number of carbonyl (C=O) groups is 1. The van der Waals surface area contributed by atoms with Crippen molar-refractivity contribution in [3.8, 4) is 5.75 Å². The molecule has 0 aromatic heterocycles. The third-order valence-electron chi connectivity index (χ3n) is 4.11. The molecule has 1 aliphatic rings. The second-order valence-corrected chi connectivity index (χ2v) is 8.02. The van der Waals surface area contributed by atoms with Crippen LogP contribution in [0.2, 0.25) is 0 Å². The highest BCUT2D eigenvalue weighted by molar-refractivity contribution is 9.09. The van der Waals surface area contributed by atoms with Crippen LogP contribution in [0.4, 0.5) is 4.79 Å². The monoisotopic (exact) mass is 413 g/mol. The molecule has 1 aliphatic heterocycles. The molecule has 0 aliphatic carbocycles. The van der Waals surface area contributed by atoms with Crippen molar-refractivity contribution in [2.24, 2.45) is 0 Å². The van der Waals surface area contributed by atoms with Crippen molar-refractivity contribution in [2.45, 2.75) is 51.4 Å². The molecule has 1 unspecified atom stereocenters. The van der Waals surface area contributed by atoms with Crippen LogP contribution in [0.1, 0.15) is 39.2 Å². The third kappa shape index (κ3) is 5.89. The zero-order chi connectivity index (χ0) is 18.5. The molecule has 0 radical (unpaired) electrons. The number of piperidine rings is 1. The van der Waals surface area contributed by atoms with Gasteiger partial charge in [-0.25, -0.2) is 4.79 Å². The first kappa shape index (κ1) is 20.0. The molecule has 2 rings (SSSR count). The molecule has 5 nitrogen and oxygen atoms in total. The van der Waals surface area contributed by atoms with Crippen LogP contribution in [-0.2, 0) is 16.1 Å². The number of rotatable bonds is 5. The van der Waals surface area contributed by atoms with Crippen molar-refractivity contribution in [2.75, 3.05) is 25.5 Å². The van der Waals surface area contributed by atoms with Crippen LogP contribution in [0.3, 0.4) is 0 Å². The lowest BCUT2D eigenvalue weighted by Crippen LogP contribution is -2.53. The van der Waals surface area contributed by atoms with E-state index in [1.54, 1.807) is 12.0 Å². The molecule has 1 fully saturated rings. The molecule has 140 valence electrons. The first-order valence-electron chi connectivity index (χ1n) is 8.58. The predicted molar refractivity (Wildman–Crippen MR) is 101 cm³/mol. The van der Waals surface area contributed by atoms with Crippen molar-refractivity contribution in [1.29, 1.82) is 0 Å². The van der Waals surface area contributed by atoms with Gasteiger partial charge in [0.1, 0.15) is 11.4 Å². The van der Waals surface area contributed by atoms with E-state index in [0.717, 1.165) is 24.2 Å². The quantitative estimate of drug-likeness (QED) is 0.672. The number of ether oxygens (including phenoxy) is 3. The Morgan fingerprint density at radius 2 is 2.12 bits per heavy atom. The van der Waals surface area contributed by atoms with Crippen molar-refractivity contribution in [3.05, 3.63) is 29.8 Å². The minimum atomic E-state index is -0.493. The van der Waals surface area contributed by atoms with Gasteiger partial charge in [-0.2, -0.15) is 0 Å². The summed E-state index contributed by atoms with van der Waals surface area (Å²) in [6.07, 6.45) is 1.52. The molecular weight excluding hydrogens is 386 g/mol. The predicted octanol–water partition coefficient (Wildman–Crippen LogP) is 4.38. The number of nitrogens with zero attached hydrogens (tertiary/aromatic N) is 1. The van der Waals surface area contributed by atoms with Gasteiger partial charge in [-0.1, -0.05) is 28.1 Å². The van der Waals surface area contributed by atoms with Crippen LogP contribution in [0.25, 0.3) is 0 Å². The maximum atomic E-state index is 12.4. The SMILES string of the molecule is COc1cccc(COC2(CBr)CCCN(C(=O)OC(C)(C)C)C2)c1. The molecule has 6 heteroatoms. The number of amides is 1. The largest absolute Gasteiger partial charge is 0.497 e. The fraction of sp³-hybridized carbons (Fsp3) is 0.632. The first-order valence-corrected chi connectivity index (χ1v) is 9.70. The lowest BCUT2D eigenvalue weighted by atomic mass is 9.95. The summed E-state index contributed by atoms with van der Waals surface area (Å²) in [6, 6.07) is 7.84. The fourth-order valence-electron chi connectivity index (χ4n) is 2.84. The molecule has 0 bridgehead atoms. The third-order valence-corrected chi connectivity index (χ3v) is 5.14. The van der Waals surface area contributed by atoms with Crippen LogP contribution >= 0.6 is 15.9 Å². The van der Waals surface area contributed by atoms with E-state index in [9.17, 15) is 4.79 Å². The second-order valence-electron chi connectivity index (χ2n) is 7.46. The minimum Gasteiger partial charge on any atom is -0.497 e. The maximum absolute atomic E-state index is 12.4. The summed E-state index contributed by atoms with van der Waals surface area (Å²) in [6.45, 7) is 7.35. The van der Waals surface area contributed by atoms with Crippen molar-refractivity contribution in [3.63, 3.8) is 0 Å². The normalized spacial score (nSPS) is 21.1. The molecule has 1 saturated heterocycles. The van der Waals surface area contributed by atoms with E-state index in [1.165, 1.54) is 0 Å². The summed E-state index contributed by atoms with van der Waals surface area (Å²) in [5.41, 5.74) is 0.153. The zero-order valence-corrected chi connectivity index (χ0v) is 17.1. The molecular formula is C19H28BrNO4. The highest BCUT2D eigenvalue weighted by Gasteiger charge is 2.38. The van der Waals surface area contributed by atoms with E-state index in [-0.39, 0.29) is 6.09 Å². The molecule has 1 aromatic rings. The molecule has 1 aromatic carbocycles. The van der Waals surface area contributed by atoms with Gasteiger partial charge >= 0.3 is 6.09 Å². The number of hydrogen-bond acceptors (Lipinski definition) is 4. The van der Waals surface area contributed by atoms with Gasteiger partial charge in [-0.05, 0) is 51.3 Å². The highest BCUT2D eigenvalue weighted by Crippen LogP contribution is 2.30. The Bertz CT molecular complexity index is 587. The smallest absolute Gasteiger partial charge is 0.410 e. The topological polar surface area (TPSA) is 48.0 Å². The van der Waals surface area contributed by atoms with Crippen LogP contribution in [-0.4, -0.2) is 47.7 Å². The van der Waals surface area contributed by atoms with Crippen LogP contribution in [0, 0.1) is 0 Å². The molecule has 25 heavy (non-hydrogen) atoms. The summed E-state index contributed by atoms with van der Waals surface area (Å²) in [5.74, 6) is 0.813. The van der Waals surface area contributed by atoms with E-state index in [0.29, 0.717) is 25.0 Å². The van der Waals surface area contributed by atoms with Gasteiger partial charge in [-0.3, -0.25) is 0 Å². The summed E-state index contributed by atoms with van der Waals surface area (Å²) in [4.78, 5) is 14.1. The molecule has 0 N–H and O–H groups in total. The van der Waals surface area contributed by atoms with Crippen LogP contribution < -0.4 is 4.74 Å². The molecule has 1 heterocycles. The Morgan fingerprint density at radius 1 is 1.36 bits per heavy atom. The average molecular weight is 414 g/mol. The number of carbonyl (C=O) groups excluding carboxylic acids is 1. The van der Waals surface area contributed by atoms with Gasteiger partial charge in [0, 0.05) is 11.9 Å². The van der Waals surface area contributed by atoms with Crippen molar-refractivity contribution in [1.82, 2.24) is 4.90 Å². The molecule has 0 saturated carbocycles. The van der Waals surface area contributed by atoms with Gasteiger partial charge in [-0.15, -0.1) is 0 Å². The minimum absolute atomic E-state index is 0.275. The van der Waals surface area contributed by atoms with Crippen molar-refractivity contribution < 1.29 is 19.0 Å². The Kier molecular flexibility index (Phi) is 6.74. The van der Waals surface area contributed by atoms with Gasteiger partial charge in [0.2, 0.25) is 0 Å².